The van der Waals surface area contributed by atoms with Gasteiger partial charge in [0.05, 0.1) is 12.7 Å². The molecule has 2 aromatic rings. The fourth-order valence-corrected chi connectivity index (χ4v) is 2.69. The van der Waals surface area contributed by atoms with Crippen LogP contribution in [0.3, 0.4) is 0 Å². The zero-order valence-electron chi connectivity index (χ0n) is 13.4. The van der Waals surface area contributed by atoms with Gasteiger partial charge in [-0.1, -0.05) is 24.9 Å². The van der Waals surface area contributed by atoms with Crippen molar-refractivity contribution in [3.8, 4) is 0 Å². The number of hydrogen-bond donors (Lipinski definition) is 1. The number of nitrogens with one attached hydrogen (secondary N) is 1. The Bertz CT molecular complexity index is 684. The Morgan fingerprint density at radius 3 is 2.96 bits per heavy atom. The van der Waals surface area contributed by atoms with Gasteiger partial charge in [-0.3, -0.25) is 4.79 Å². The fourth-order valence-electron chi connectivity index (χ4n) is 2.48. The third kappa shape index (κ3) is 4.62. The lowest BCUT2D eigenvalue weighted by Gasteiger charge is -2.16. The zero-order chi connectivity index (χ0) is 16.8. The van der Waals surface area contributed by atoms with Gasteiger partial charge in [0.1, 0.15) is 17.3 Å². The molecule has 0 bridgehead atoms. The predicted molar refractivity (Wildman–Crippen MR) is 89.3 cm³/mol. The molecule has 0 spiro atoms. The van der Waals surface area contributed by atoms with Crippen LogP contribution in [0.1, 0.15) is 42.1 Å². The van der Waals surface area contributed by atoms with Crippen LogP contribution in [0.2, 0.25) is 5.02 Å². The fraction of sp³-hybridized carbons (Fsp3) is 0.412. The van der Waals surface area contributed by atoms with Gasteiger partial charge in [-0.15, -0.1) is 0 Å². The molecule has 1 aromatic heterocycles. The number of fused-ring (bicyclic) bond motifs is 1. The summed E-state index contributed by atoms with van der Waals surface area (Å²) in [6.07, 6.45) is 3.49. The lowest BCUT2D eigenvalue weighted by Crippen LogP contribution is -2.29. The Morgan fingerprint density at radius 1 is 1.48 bits per heavy atom. The number of benzene rings is 1. The molecule has 0 saturated heterocycles. The number of carbonyl (C=O) groups is 1. The van der Waals surface area contributed by atoms with Gasteiger partial charge in [-0.25, -0.2) is 9.37 Å². The molecule has 124 valence electrons. The van der Waals surface area contributed by atoms with Gasteiger partial charge in [0.25, 0.3) is 0 Å². The van der Waals surface area contributed by atoms with E-state index < -0.39 is 0 Å². The normalized spacial score (nSPS) is 13.0. The van der Waals surface area contributed by atoms with E-state index in [-0.39, 0.29) is 11.6 Å². The number of rotatable bonds is 3. The highest BCUT2D eigenvalue weighted by Crippen LogP contribution is 2.18. The Balaban J connectivity index is 0.000000168. The van der Waals surface area contributed by atoms with E-state index in [4.69, 9.17) is 11.6 Å². The molecule has 0 fully saturated rings. The number of Topliss-reactive ketones (excluding diaryl/α,β-unsaturated/α-hetero) is 1. The summed E-state index contributed by atoms with van der Waals surface area (Å²) in [5, 5.41) is 3.86. The van der Waals surface area contributed by atoms with Crippen molar-refractivity contribution in [1.29, 1.82) is 0 Å². The van der Waals surface area contributed by atoms with Crippen molar-refractivity contribution < 1.29 is 9.18 Å². The van der Waals surface area contributed by atoms with Gasteiger partial charge < -0.3 is 9.88 Å². The van der Waals surface area contributed by atoms with Crippen molar-refractivity contribution in [2.24, 2.45) is 0 Å². The minimum Gasteiger partial charge on any atom is -0.323 e. The Labute approximate surface area is 140 Å². The van der Waals surface area contributed by atoms with Gasteiger partial charge in [0.15, 0.2) is 5.78 Å². The van der Waals surface area contributed by atoms with Crippen molar-refractivity contribution in [1.82, 2.24) is 14.9 Å². The minimum atomic E-state index is -0.210. The summed E-state index contributed by atoms with van der Waals surface area (Å²) < 4.78 is 14.6. The van der Waals surface area contributed by atoms with E-state index in [0.717, 1.165) is 49.6 Å². The van der Waals surface area contributed by atoms with Gasteiger partial charge in [0.2, 0.25) is 0 Å². The first-order valence-electron chi connectivity index (χ1n) is 7.73. The van der Waals surface area contributed by atoms with E-state index in [1.807, 2.05) is 11.5 Å². The standard InChI is InChI=1S/C9H10ClF.C8H11N3O/c1-2-3-7-6-8(11)4-5-9(7)10;1-6(12)7-4-10-8-5-9-2-3-11(7)8/h4-6H,2-3H2,1H3;4,9H,2-3,5H2,1H3. The van der Waals surface area contributed by atoms with Crippen LogP contribution in [0.15, 0.2) is 24.4 Å². The molecule has 0 saturated carbocycles. The quantitative estimate of drug-likeness (QED) is 0.870. The highest BCUT2D eigenvalue weighted by atomic mass is 35.5. The predicted octanol–water partition coefficient (Wildman–Crippen LogP) is 3.62. The molecular formula is C17H21ClFN3O. The molecule has 1 N–H and O–H groups in total. The van der Waals surface area contributed by atoms with Crippen LogP contribution in [0.5, 0.6) is 0 Å². The Morgan fingerprint density at radius 2 is 2.26 bits per heavy atom. The van der Waals surface area contributed by atoms with Crippen LogP contribution in [-0.2, 0) is 19.5 Å². The van der Waals surface area contributed by atoms with Crippen LogP contribution in [-0.4, -0.2) is 21.9 Å². The maximum Gasteiger partial charge on any atom is 0.177 e. The topological polar surface area (TPSA) is 46.9 Å². The van der Waals surface area contributed by atoms with E-state index in [2.05, 4.69) is 10.3 Å². The van der Waals surface area contributed by atoms with Crippen LogP contribution >= 0.6 is 11.6 Å². The molecule has 1 aliphatic heterocycles. The lowest BCUT2D eigenvalue weighted by atomic mass is 10.1. The Hall–Kier alpha value is -1.72. The average molecular weight is 338 g/mol. The second kappa shape index (κ2) is 8.22. The molecule has 1 aliphatic rings. The highest BCUT2D eigenvalue weighted by Gasteiger charge is 2.15. The second-order valence-electron chi connectivity index (χ2n) is 5.43. The molecule has 3 rings (SSSR count). The van der Waals surface area contributed by atoms with E-state index in [0.29, 0.717) is 5.02 Å². The van der Waals surface area contributed by atoms with Gasteiger partial charge in [0, 0.05) is 25.0 Å². The summed E-state index contributed by atoms with van der Waals surface area (Å²) in [5.41, 5.74) is 1.63. The average Bonchev–Trinajstić information content (AvgIpc) is 2.96. The zero-order valence-corrected chi connectivity index (χ0v) is 14.2. The summed E-state index contributed by atoms with van der Waals surface area (Å²) in [4.78, 5) is 15.3. The molecule has 4 nitrogen and oxygen atoms in total. The number of ketones is 1. The number of imidazole rings is 1. The van der Waals surface area contributed by atoms with Crippen molar-refractivity contribution >= 4 is 17.4 Å². The van der Waals surface area contributed by atoms with E-state index in [1.165, 1.54) is 12.1 Å². The molecule has 6 heteroatoms. The van der Waals surface area contributed by atoms with Gasteiger partial charge in [-0.05, 0) is 30.2 Å². The van der Waals surface area contributed by atoms with Crippen molar-refractivity contribution in [3.05, 3.63) is 52.3 Å². The molecular weight excluding hydrogens is 317 g/mol. The molecule has 0 radical (unpaired) electrons. The summed E-state index contributed by atoms with van der Waals surface area (Å²) in [5.74, 6) is 0.847. The summed E-state index contributed by atoms with van der Waals surface area (Å²) in [6, 6.07) is 4.47. The number of carbonyl (C=O) groups excluding carboxylic acids is 1. The van der Waals surface area contributed by atoms with E-state index >= 15 is 0 Å². The monoisotopic (exact) mass is 337 g/mol. The molecule has 1 aromatic carbocycles. The lowest BCUT2D eigenvalue weighted by molar-refractivity contribution is 0.100. The van der Waals surface area contributed by atoms with Crippen molar-refractivity contribution in [3.63, 3.8) is 0 Å². The first-order valence-corrected chi connectivity index (χ1v) is 8.10. The number of aryl methyl sites for hydroxylation is 1. The molecule has 0 aliphatic carbocycles. The van der Waals surface area contributed by atoms with Crippen LogP contribution < -0.4 is 5.32 Å². The van der Waals surface area contributed by atoms with Crippen LogP contribution in [0, 0.1) is 5.82 Å². The maximum absolute atomic E-state index is 12.6. The minimum absolute atomic E-state index is 0.0932. The first-order chi connectivity index (χ1) is 11.0. The smallest absolute Gasteiger partial charge is 0.177 e. The first kappa shape index (κ1) is 17.6. The molecule has 0 unspecified atom stereocenters. The van der Waals surface area contributed by atoms with E-state index in [1.54, 1.807) is 19.2 Å². The highest BCUT2D eigenvalue weighted by molar-refractivity contribution is 6.31. The maximum atomic E-state index is 12.6. The van der Waals surface area contributed by atoms with Crippen LogP contribution in [0.25, 0.3) is 0 Å². The Kier molecular flexibility index (Phi) is 6.30. The summed E-state index contributed by atoms with van der Waals surface area (Å²) in [7, 11) is 0. The van der Waals surface area contributed by atoms with Gasteiger partial charge >= 0.3 is 0 Å². The van der Waals surface area contributed by atoms with Gasteiger partial charge in [-0.2, -0.15) is 0 Å². The van der Waals surface area contributed by atoms with Crippen LogP contribution in [0.4, 0.5) is 4.39 Å². The molecule has 0 amide bonds. The summed E-state index contributed by atoms with van der Waals surface area (Å²) >= 11 is 5.81. The number of halogens is 2. The third-order valence-electron chi connectivity index (χ3n) is 3.62. The number of aromatic nitrogens is 2. The van der Waals surface area contributed by atoms with Crippen molar-refractivity contribution in [2.45, 2.75) is 39.8 Å². The SMILES string of the molecule is CC(=O)c1cnc2n1CCNC2.CCCc1cc(F)ccc1Cl. The molecule has 2 heterocycles. The summed E-state index contributed by atoms with van der Waals surface area (Å²) in [6.45, 7) is 6.16. The second-order valence-corrected chi connectivity index (χ2v) is 5.84. The molecule has 23 heavy (non-hydrogen) atoms. The largest absolute Gasteiger partial charge is 0.323 e. The molecule has 0 atom stereocenters. The number of hydrogen-bond acceptors (Lipinski definition) is 3. The van der Waals surface area contributed by atoms with Crippen molar-refractivity contribution in [2.75, 3.05) is 6.54 Å². The third-order valence-corrected chi connectivity index (χ3v) is 3.99. The number of nitrogens with zero attached hydrogens (tertiary/aromatic N) is 2. The van der Waals surface area contributed by atoms with E-state index in [9.17, 15) is 9.18 Å².